The van der Waals surface area contributed by atoms with E-state index in [1.54, 1.807) is 0 Å². The summed E-state index contributed by atoms with van der Waals surface area (Å²) in [5, 5.41) is 14.9. The normalized spacial score (nSPS) is 23.9. The zero-order valence-corrected chi connectivity index (χ0v) is 19.9. The number of nitrogens with one attached hydrogen (secondary N) is 1. The molecule has 1 saturated heterocycles. The molecule has 14 heteroatoms. The van der Waals surface area contributed by atoms with E-state index in [1.807, 2.05) is 0 Å². The van der Waals surface area contributed by atoms with Gasteiger partial charge in [-0.15, -0.1) is 0 Å². The number of nitrogens with zero attached hydrogens (tertiary/aromatic N) is 2. The Morgan fingerprint density at radius 1 is 1.35 bits per heavy atom. The molecule has 4 atom stereocenters. The van der Waals surface area contributed by atoms with Crippen LogP contribution in [0, 0.1) is 24.5 Å². The van der Waals surface area contributed by atoms with Crippen LogP contribution >= 0.6 is 0 Å². The van der Waals surface area contributed by atoms with E-state index in [4.69, 9.17) is 14.6 Å². The monoisotopic (exact) mass is 539 g/mol. The molecule has 0 radical (unpaired) electrons. The van der Waals surface area contributed by atoms with E-state index in [0.29, 0.717) is 13.0 Å². The number of hydrogen-bond donors (Lipinski definition) is 2. The van der Waals surface area contributed by atoms with Crippen LogP contribution in [0.1, 0.15) is 37.6 Å². The molecule has 1 aromatic heterocycles. The minimum atomic E-state index is -4.99. The maximum absolute atomic E-state index is 14.8. The summed E-state index contributed by atoms with van der Waals surface area (Å²) in [5.74, 6) is -7.87. The highest BCUT2D eigenvalue weighted by molar-refractivity contribution is 5.95. The lowest BCUT2D eigenvalue weighted by molar-refractivity contribution is -0.272. The van der Waals surface area contributed by atoms with Crippen molar-refractivity contribution in [2.75, 3.05) is 18.5 Å². The van der Waals surface area contributed by atoms with Gasteiger partial charge in [0.15, 0.2) is 17.2 Å². The number of halogens is 7. The second-order valence-corrected chi connectivity index (χ2v) is 8.81. The lowest BCUT2D eigenvalue weighted by Gasteiger charge is -2.32. The lowest BCUT2D eigenvalue weighted by Crippen LogP contribution is -2.47. The molecule has 204 valence electrons. The SMILES string of the molecule is C=C(CO)COc1c([C@H]2[C@H](C(=O)Nc3cn(C(F)F)nc3C)O[C@@](C)(C(F)(F)F)[C@H]2C)ccc(F)c1F. The fourth-order valence-corrected chi connectivity index (χ4v) is 4.11. The summed E-state index contributed by atoms with van der Waals surface area (Å²) in [6, 6.07) is 1.64. The second-order valence-electron chi connectivity index (χ2n) is 8.81. The van der Waals surface area contributed by atoms with Gasteiger partial charge in [-0.25, -0.2) is 9.07 Å². The zero-order chi connectivity index (χ0) is 27.9. The van der Waals surface area contributed by atoms with Gasteiger partial charge < -0.3 is 19.9 Å². The van der Waals surface area contributed by atoms with Gasteiger partial charge in [0.25, 0.3) is 5.91 Å². The summed E-state index contributed by atoms with van der Waals surface area (Å²) in [4.78, 5) is 13.2. The standard InChI is InChI=1S/C23H24F7N3O4/c1-10(8-34)9-36-18-13(5-6-14(24)17(18)25)16-11(2)22(4,23(28,29)30)37-19(16)20(35)31-15-7-33(21(26)27)32-12(15)3/h5-7,11,16,19,21,34H,1,8-9H2,2-4H3,(H,31,35)/t11-,16-,19+,22+/m0/s1. The van der Waals surface area contributed by atoms with Crippen molar-refractivity contribution in [2.45, 2.75) is 51.1 Å². The number of alkyl halides is 5. The Balaban J connectivity index is 2.09. The number of amides is 1. The van der Waals surface area contributed by atoms with Crippen molar-refractivity contribution in [1.29, 1.82) is 0 Å². The van der Waals surface area contributed by atoms with E-state index in [1.165, 1.54) is 6.92 Å². The van der Waals surface area contributed by atoms with Gasteiger partial charge in [0.05, 0.1) is 24.2 Å². The van der Waals surface area contributed by atoms with Gasteiger partial charge in [-0.3, -0.25) is 4.79 Å². The van der Waals surface area contributed by atoms with Crippen LogP contribution in [0.5, 0.6) is 5.75 Å². The average Bonchev–Trinajstić information content (AvgIpc) is 3.32. The topological polar surface area (TPSA) is 85.6 Å². The Bertz CT molecular complexity index is 1180. The number of benzene rings is 1. The van der Waals surface area contributed by atoms with E-state index in [-0.39, 0.29) is 27.2 Å². The highest BCUT2D eigenvalue weighted by Crippen LogP contribution is 2.55. The van der Waals surface area contributed by atoms with Gasteiger partial charge >= 0.3 is 12.7 Å². The molecule has 0 bridgehead atoms. The van der Waals surface area contributed by atoms with E-state index in [0.717, 1.165) is 19.2 Å². The van der Waals surface area contributed by atoms with E-state index >= 15 is 0 Å². The van der Waals surface area contributed by atoms with Crippen LogP contribution in [0.3, 0.4) is 0 Å². The smallest absolute Gasteiger partial charge is 0.417 e. The molecule has 0 aliphatic carbocycles. The highest BCUT2D eigenvalue weighted by Gasteiger charge is 2.66. The number of hydrogen-bond acceptors (Lipinski definition) is 5. The van der Waals surface area contributed by atoms with Crippen LogP contribution in [-0.2, 0) is 9.53 Å². The third-order valence-corrected chi connectivity index (χ3v) is 6.39. The van der Waals surface area contributed by atoms with Gasteiger partial charge in [0, 0.05) is 17.4 Å². The van der Waals surface area contributed by atoms with Crippen molar-refractivity contribution in [3.05, 3.63) is 53.4 Å². The summed E-state index contributed by atoms with van der Waals surface area (Å²) >= 11 is 0. The highest BCUT2D eigenvalue weighted by atomic mass is 19.4. The number of carbonyl (C=O) groups excluding carboxylic acids is 1. The average molecular weight is 539 g/mol. The Labute approximate surface area is 206 Å². The largest absolute Gasteiger partial charge is 0.486 e. The van der Waals surface area contributed by atoms with Crippen LogP contribution in [-0.4, -0.2) is 51.9 Å². The molecule has 0 spiro atoms. The lowest BCUT2D eigenvalue weighted by atomic mass is 9.77. The number of rotatable bonds is 8. The molecule has 2 N–H and O–H groups in total. The van der Waals surface area contributed by atoms with Gasteiger partial charge in [-0.05, 0) is 25.5 Å². The predicted molar refractivity (Wildman–Crippen MR) is 116 cm³/mol. The molecule has 1 aromatic carbocycles. The van der Waals surface area contributed by atoms with Crippen molar-refractivity contribution < 1.29 is 50.1 Å². The van der Waals surface area contributed by atoms with Gasteiger partial charge in [-0.2, -0.15) is 31.4 Å². The maximum atomic E-state index is 14.8. The Morgan fingerprint density at radius 3 is 2.54 bits per heavy atom. The number of aliphatic hydroxyl groups is 1. The van der Waals surface area contributed by atoms with Gasteiger partial charge in [0.1, 0.15) is 12.7 Å². The molecule has 3 rings (SSSR count). The minimum Gasteiger partial charge on any atom is -0.486 e. The quantitative estimate of drug-likeness (QED) is 0.370. The summed E-state index contributed by atoms with van der Waals surface area (Å²) in [5.41, 5.74) is -3.40. The number of ether oxygens (including phenoxy) is 2. The summed E-state index contributed by atoms with van der Waals surface area (Å²) in [6.07, 6.45) is -6.12. The van der Waals surface area contributed by atoms with Crippen molar-refractivity contribution in [1.82, 2.24) is 9.78 Å². The molecule has 2 aromatic rings. The van der Waals surface area contributed by atoms with E-state index in [9.17, 15) is 35.5 Å². The van der Waals surface area contributed by atoms with E-state index < -0.39 is 72.8 Å². The van der Waals surface area contributed by atoms with Gasteiger partial charge in [0.2, 0.25) is 5.82 Å². The van der Waals surface area contributed by atoms with Crippen molar-refractivity contribution in [3.8, 4) is 5.75 Å². The molecule has 1 fully saturated rings. The first-order chi connectivity index (χ1) is 17.1. The molecule has 2 heterocycles. The van der Waals surface area contributed by atoms with Crippen LogP contribution in [0.15, 0.2) is 30.5 Å². The maximum Gasteiger partial charge on any atom is 0.417 e. The molecule has 37 heavy (non-hydrogen) atoms. The molecule has 1 aliphatic rings. The minimum absolute atomic E-state index is 0.0470. The molecule has 7 nitrogen and oxygen atoms in total. The summed E-state index contributed by atoms with van der Waals surface area (Å²) in [6.45, 7) is 2.50. The summed E-state index contributed by atoms with van der Waals surface area (Å²) < 4.78 is 108. The number of anilines is 1. The molecule has 1 amide bonds. The van der Waals surface area contributed by atoms with Crippen molar-refractivity contribution in [2.24, 2.45) is 5.92 Å². The summed E-state index contributed by atoms with van der Waals surface area (Å²) in [7, 11) is 0. The predicted octanol–water partition coefficient (Wildman–Crippen LogP) is 4.87. The van der Waals surface area contributed by atoms with Crippen LogP contribution in [0.2, 0.25) is 0 Å². The number of carbonyl (C=O) groups is 1. The molecule has 0 unspecified atom stereocenters. The fourth-order valence-electron chi connectivity index (χ4n) is 4.11. The van der Waals surface area contributed by atoms with Crippen LogP contribution in [0.25, 0.3) is 0 Å². The van der Waals surface area contributed by atoms with Crippen molar-refractivity contribution in [3.63, 3.8) is 0 Å². The zero-order valence-electron chi connectivity index (χ0n) is 19.9. The van der Waals surface area contributed by atoms with Crippen LogP contribution < -0.4 is 10.1 Å². The Hall–Kier alpha value is -3.13. The second kappa shape index (κ2) is 10.3. The Kier molecular flexibility index (Phi) is 7.94. The number of aliphatic hydroxyl groups excluding tert-OH is 1. The Morgan fingerprint density at radius 2 is 2.00 bits per heavy atom. The molecule has 1 aliphatic heterocycles. The number of aryl methyl sites for hydroxylation is 1. The van der Waals surface area contributed by atoms with E-state index in [2.05, 4.69) is 17.0 Å². The first-order valence-corrected chi connectivity index (χ1v) is 10.9. The fraction of sp³-hybridized carbons (Fsp3) is 0.478. The first kappa shape index (κ1) is 28.4. The van der Waals surface area contributed by atoms with Crippen LogP contribution in [0.4, 0.5) is 36.4 Å². The molecule has 0 saturated carbocycles. The number of aromatic nitrogens is 2. The van der Waals surface area contributed by atoms with Crippen molar-refractivity contribution >= 4 is 11.6 Å². The molecular formula is C23H24F7N3O4. The third kappa shape index (κ3) is 5.30. The first-order valence-electron chi connectivity index (χ1n) is 10.9. The third-order valence-electron chi connectivity index (χ3n) is 6.39. The molecular weight excluding hydrogens is 515 g/mol. The van der Waals surface area contributed by atoms with Gasteiger partial charge in [-0.1, -0.05) is 19.6 Å².